The highest BCUT2D eigenvalue weighted by atomic mass is 28.4. The molecule has 0 heterocycles. The van der Waals surface area contributed by atoms with Gasteiger partial charge >= 0.3 is 11.9 Å². The summed E-state index contributed by atoms with van der Waals surface area (Å²) in [6, 6.07) is 0. The molecule has 0 aliphatic carbocycles. The fourth-order valence-electron chi connectivity index (χ4n) is 4.01. The summed E-state index contributed by atoms with van der Waals surface area (Å²) in [5.74, 6) is -1.26. The Labute approximate surface area is 148 Å². The molecule has 0 aliphatic rings. The number of carboxylic acid groups (broad SMARTS) is 1. The lowest BCUT2D eigenvalue weighted by molar-refractivity contribution is -0.133. The lowest BCUT2D eigenvalue weighted by Crippen LogP contribution is -2.58. The van der Waals surface area contributed by atoms with Crippen LogP contribution in [0.15, 0.2) is 12.2 Å². The van der Waals surface area contributed by atoms with Crippen LogP contribution in [0.4, 0.5) is 0 Å². The van der Waals surface area contributed by atoms with Crippen LogP contribution in [0, 0.1) is 5.92 Å². The van der Waals surface area contributed by atoms with E-state index in [0.717, 1.165) is 31.4 Å². The number of rotatable bonds is 10. The second-order valence-electron chi connectivity index (χ2n) is 7.43. The Morgan fingerprint density at radius 2 is 1.50 bits per heavy atom. The van der Waals surface area contributed by atoms with E-state index in [1.165, 1.54) is 0 Å². The van der Waals surface area contributed by atoms with E-state index in [1.807, 2.05) is 0 Å². The standard InChI is InChI=1S/C19H36O4Si/c1-9-15(6)24(16(7)10-2,19(8,11-3)14(4)5)23-18(22)13-12-17(20)21/h12-16H,9-11H2,1-8H3,(H,20,21)/b13-12-. The Morgan fingerprint density at radius 1 is 1.04 bits per heavy atom. The first-order chi connectivity index (χ1) is 11.0. The van der Waals surface area contributed by atoms with Gasteiger partial charge in [0, 0.05) is 12.2 Å². The van der Waals surface area contributed by atoms with Crippen LogP contribution in [-0.2, 0) is 14.0 Å². The van der Waals surface area contributed by atoms with Gasteiger partial charge in [0.25, 0.3) is 8.32 Å². The Hall–Kier alpha value is -1.10. The van der Waals surface area contributed by atoms with Gasteiger partial charge in [-0.25, -0.2) is 9.59 Å². The van der Waals surface area contributed by atoms with Gasteiger partial charge in [0.15, 0.2) is 0 Å². The number of carboxylic acids is 1. The SMILES string of the molecule is CCC(C)[Si](OC(=O)/C=C\C(=O)O)(C(C)CC)C(C)(CC)C(C)C. The topological polar surface area (TPSA) is 63.6 Å². The zero-order valence-electron chi connectivity index (χ0n) is 16.7. The Balaban J connectivity index is 6.22. The average molecular weight is 357 g/mol. The van der Waals surface area contributed by atoms with Gasteiger partial charge in [-0.1, -0.05) is 68.2 Å². The van der Waals surface area contributed by atoms with E-state index in [1.54, 1.807) is 0 Å². The van der Waals surface area contributed by atoms with Gasteiger partial charge in [0.2, 0.25) is 0 Å². The zero-order valence-corrected chi connectivity index (χ0v) is 17.7. The number of hydrogen-bond donors (Lipinski definition) is 1. The van der Waals surface area contributed by atoms with Gasteiger partial charge in [-0.05, 0) is 28.5 Å². The van der Waals surface area contributed by atoms with Crippen LogP contribution in [0.1, 0.15) is 74.7 Å². The maximum Gasteiger partial charge on any atom is 0.328 e. The van der Waals surface area contributed by atoms with Crippen LogP contribution in [-0.4, -0.2) is 25.4 Å². The lowest BCUT2D eigenvalue weighted by atomic mass is 9.94. The predicted molar refractivity (Wildman–Crippen MR) is 102 cm³/mol. The highest BCUT2D eigenvalue weighted by molar-refractivity contribution is 6.80. The van der Waals surface area contributed by atoms with Crippen molar-refractivity contribution in [1.29, 1.82) is 0 Å². The van der Waals surface area contributed by atoms with Gasteiger partial charge < -0.3 is 9.53 Å². The maximum absolute atomic E-state index is 12.5. The molecule has 0 radical (unpaired) electrons. The summed E-state index contributed by atoms with van der Waals surface area (Å²) in [5, 5.41) is 8.72. The zero-order chi connectivity index (χ0) is 19.1. The van der Waals surface area contributed by atoms with Crippen molar-refractivity contribution in [3.63, 3.8) is 0 Å². The van der Waals surface area contributed by atoms with Crippen LogP contribution in [0.5, 0.6) is 0 Å². The minimum absolute atomic E-state index is 0.0649. The summed E-state index contributed by atoms with van der Waals surface area (Å²) in [6.07, 6.45) is 4.78. The molecule has 0 aromatic rings. The van der Waals surface area contributed by atoms with E-state index in [2.05, 4.69) is 55.4 Å². The van der Waals surface area contributed by atoms with E-state index >= 15 is 0 Å². The number of carbonyl (C=O) groups excluding carboxylic acids is 1. The van der Waals surface area contributed by atoms with Crippen LogP contribution in [0.2, 0.25) is 16.1 Å². The molecule has 0 bridgehead atoms. The molecule has 0 saturated carbocycles. The summed E-state index contributed by atoms with van der Waals surface area (Å²) in [4.78, 5) is 23.2. The molecule has 140 valence electrons. The van der Waals surface area contributed by atoms with E-state index in [4.69, 9.17) is 9.53 Å². The van der Waals surface area contributed by atoms with Crippen molar-refractivity contribution >= 4 is 20.3 Å². The third-order valence-electron chi connectivity index (χ3n) is 6.22. The summed E-state index contributed by atoms with van der Waals surface area (Å²) in [6.45, 7) is 17.5. The molecule has 1 N–H and O–H groups in total. The van der Waals surface area contributed by atoms with Crippen LogP contribution in [0.25, 0.3) is 0 Å². The molecular formula is C19H36O4Si. The van der Waals surface area contributed by atoms with Gasteiger partial charge in [-0.15, -0.1) is 0 Å². The van der Waals surface area contributed by atoms with Crippen molar-refractivity contribution in [3.05, 3.63) is 12.2 Å². The highest BCUT2D eigenvalue weighted by Crippen LogP contribution is 2.59. The first kappa shape index (κ1) is 22.9. The third-order valence-corrected chi connectivity index (χ3v) is 13.2. The van der Waals surface area contributed by atoms with Gasteiger partial charge in [0.1, 0.15) is 0 Å². The third kappa shape index (κ3) is 4.50. The molecule has 0 saturated heterocycles. The fraction of sp³-hybridized carbons (Fsp3) is 0.789. The molecule has 24 heavy (non-hydrogen) atoms. The molecule has 0 amide bonds. The second-order valence-corrected chi connectivity index (χ2v) is 12.3. The molecule has 0 aromatic carbocycles. The normalized spacial score (nSPS) is 19.5. The molecular weight excluding hydrogens is 320 g/mol. The number of carbonyl (C=O) groups is 2. The number of aliphatic carboxylic acids is 1. The highest BCUT2D eigenvalue weighted by Gasteiger charge is 2.60. The lowest BCUT2D eigenvalue weighted by Gasteiger charge is -2.53. The molecule has 0 aromatic heterocycles. The largest absolute Gasteiger partial charge is 0.515 e. The van der Waals surface area contributed by atoms with Gasteiger partial charge in [0.05, 0.1) is 0 Å². The minimum Gasteiger partial charge on any atom is -0.515 e. The van der Waals surface area contributed by atoms with E-state index < -0.39 is 20.3 Å². The fourth-order valence-corrected chi connectivity index (χ4v) is 10.9. The van der Waals surface area contributed by atoms with Gasteiger partial charge in [-0.2, -0.15) is 0 Å². The van der Waals surface area contributed by atoms with E-state index in [-0.39, 0.29) is 5.04 Å². The molecule has 3 unspecified atom stereocenters. The van der Waals surface area contributed by atoms with Crippen molar-refractivity contribution in [2.24, 2.45) is 5.92 Å². The summed E-state index contributed by atoms with van der Waals surface area (Å²) >= 11 is 0. The van der Waals surface area contributed by atoms with E-state index in [9.17, 15) is 9.59 Å². The quantitative estimate of drug-likeness (QED) is 0.412. The Morgan fingerprint density at radius 3 is 1.79 bits per heavy atom. The molecule has 0 aliphatic heterocycles. The molecule has 0 spiro atoms. The smallest absolute Gasteiger partial charge is 0.328 e. The Bertz CT molecular complexity index is 448. The maximum atomic E-state index is 12.5. The van der Waals surface area contributed by atoms with E-state index in [0.29, 0.717) is 17.0 Å². The monoisotopic (exact) mass is 356 g/mol. The van der Waals surface area contributed by atoms with Crippen molar-refractivity contribution < 1.29 is 19.1 Å². The average Bonchev–Trinajstić information content (AvgIpc) is 2.55. The summed E-state index contributed by atoms with van der Waals surface area (Å²) < 4.78 is 6.26. The van der Waals surface area contributed by atoms with Crippen molar-refractivity contribution in [2.75, 3.05) is 0 Å². The van der Waals surface area contributed by atoms with Crippen molar-refractivity contribution in [1.82, 2.24) is 0 Å². The van der Waals surface area contributed by atoms with Crippen LogP contribution < -0.4 is 0 Å². The minimum atomic E-state index is -2.55. The van der Waals surface area contributed by atoms with Crippen LogP contribution in [0.3, 0.4) is 0 Å². The summed E-state index contributed by atoms with van der Waals surface area (Å²) in [5.41, 5.74) is 0.615. The molecule has 3 atom stereocenters. The summed E-state index contributed by atoms with van der Waals surface area (Å²) in [7, 11) is -2.55. The number of hydrogen-bond acceptors (Lipinski definition) is 3. The first-order valence-electron chi connectivity index (χ1n) is 9.17. The van der Waals surface area contributed by atoms with Gasteiger partial charge in [-0.3, -0.25) is 0 Å². The van der Waals surface area contributed by atoms with Crippen molar-refractivity contribution in [3.8, 4) is 0 Å². The Kier molecular flexibility index (Phi) is 8.97. The molecule has 5 heteroatoms. The second kappa shape index (κ2) is 9.40. The molecule has 0 rings (SSSR count). The molecule has 4 nitrogen and oxygen atoms in total. The molecule has 0 fully saturated rings. The predicted octanol–water partition coefficient (Wildman–Crippen LogP) is 5.54. The first-order valence-corrected chi connectivity index (χ1v) is 11.2. The van der Waals surface area contributed by atoms with Crippen molar-refractivity contribution in [2.45, 2.75) is 90.8 Å². The van der Waals surface area contributed by atoms with Crippen LogP contribution >= 0.6 is 0 Å².